The second-order valence-corrected chi connectivity index (χ2v) is 7.60. The van der Waals surface area contributed by atoms with E-state index < -0.39 is 0 Å². The van der Waals surface area contributed by atoms with Crippen molar-refractivity contribution in [2.24, 2.45) is 5.92 Å². The van der Waals surface area contributed by atoms with Gasteiger partial charge in [-0.25, -0.2) is 4.79 Å². The number of carbonyl (C=O) groups excluding carboxylic acids is 2. The van der Waals surface area contributed by atoms with E-state index in [1.54, 1.807) is 0 Å². The predicted molar refractivity (Wildman–Crippen MR) is 97.4 cm³/mol. The van der Waals surface area contributed by atoms with Gasteiger partial charge in [0.15, 0.2) is 0 Å². The van der Waals surface area contributed by atoms with Crippen LogP contribution in [0.1, 0.15) is 38.5 Å². The average molecular weight is 351 g/mol. The summed E-state index contributed by atoms with van der Waals surface area (Å²) in [6.07, 6.45) is 6.40. The first-order valence-electron chi connectivity index (χ1n) is 9.98. The van der Waals surface area contributed by atoms with E-state index in [9.17, 15) is 9.59 Å². The zero-order chi connectivity index (χ0) is 17.5. The van der Waals surface area contributed by atoms with Crippen molar-refractivity contribution in [3.05, 3.63) is 0 Å². The second-order valence-electron chi connectivity index (χ2n) is 7.60. The first-order valence-corrected chi connectivity index (χ1v) is 9.98. The standard InChI is InChI=1S/C18H33N5O2/c24-17(20-9-13-22-11-7-19-8-12-22)15-4-3-10-23(14-15)18(25)21-16-5-1-2-6-16/h15-16,19H,1-14H2,(H,20,24)(H,21,25). The highest BCUT2D eigenvalue weighted by Gasteiger charge is 2.29. The minimum atomic E-state index is -0.0638. The number of hydrogen-bond acceptors (Lipinski definition) is 4. The molecule has 7 heteroatoms. The molecule has 0 radical (unpaired) electrons. The Bertz CT molecular complexity index is 447. The molecule has 1 atom stereocenters. The number of hydrogen-bond donors (Lipinski definition) is 3. The van der Waals surface area contributed by atoms with E-state index in [1.165, 1.54) is 12.8 Å². The lowest BCUT2D eigenvalue weighted by Crippen LogP contribution is -2.51. The lowest BCUT2D eigenvalue weighted by Gasteiger charge is -2.33. The molecule has 3 aliphatic rings. The molecule has 2 heterocycles. The molecule has 3 amide bonds. The number of nitrogens with zero attached hydrogens (tertiary/aromatic N) is 2. The molecule has 25 heavy (non-hydrogen) atoms. The highest BCUT2D eigenvalue weighted by atomic mass is 16.2. The minimum absolute atomic E-state index is 0.0187. The van der Waals surface area contributed by atoms with Crippen molar-refractivity contribution in [3.8, 4) is 0 Å². The van der Waals surface area contributed by atoms with Crippen molar-refractivity contribution in [1.82, 2.24) is 25.8 Å². The van der Waals surface area contributed by atoms with Gasteiger partial charge in [-0.2, -0.15) is 0 Å². The summed E-state index contributed by atoms with van der Waals surface area (Å²) in [4.78, 5) is 29.1. The molecular weight excluding hydrogens is 318 g/mol. The van der Waals surface area contributed by atoms with Crippen LogP contribution < -0.4 is 16.0 Å². The number of urea groups is 1. The molecule has 1 aliphatic carbocycles. The average Bonchev–Trinajstić information content (AvgIpc) is 3.15. The van der Waals surface area contributed by atoms with Crippen LogP contribution in [0.2, 0.25) is 0 Å². The summed E-state index contributed by atoms with van der Waals surface area (Å²) in [7, 11) is 0. The molecule has 3 N–H and O–H groups in total. The van der Waals surface area contributed by atoms with E-state index in [0.29, 0.717) is 19.1 Å². The molecular formula is C18H33N5O2. The summed E-state index contributed by atoms with van der Waals surface area (Å²) >= 11 is 0. The fourth-order valence-corrected chi connectivity index (χ4v) is 4.13. The Kier molecular flexibility index (Phi) is 6.93. The quantitative estimate of drug-likeness (QED) is 0.669. The summed E-state index contributed by atoms with van der Waals surface area (Å²) in [6, 6.07) is 0.353. The van der Waals surface area contributed by atoms with E-state index >= 15 is 0 Å². The van der Waals surface area contributed by atoms with E-state index in [0.717, 1.165) is 65.0 Å². The Morgan fingerprint density at radius 2 is 1.76 bits per heavy atom. The predicted octanol–water partition coefficient (Wildman–Crippen LogP) is 0.372. The van der Waals surface area contributed by atoms with Crippen LogP contribution in [0.3, 0.4) is 0 Å². The van der Waals surface area contributed by atoms with Gasteiger partial charge in [0.2, 0.25) is 5.91 Å². The molecule has 0 bridgehead atoms. The SMILES string of the molecule is O=C(NCCN1CCNCC1)C1CCCN(C(=O)NC2CCCC2)C1. The Labute approximate surface area is 150 Å². The van der Waals surface area contributed by atoms with E-state index in [-0.39, 0.29) is 17.9 Å². The molecule has 0 aromatic rings. The maximum Gasteiger partial charge on any atom is 0.317 e. The second kappa shape index (κ2) is 9.38. The largest absolute Gasteiger partial charge is 0.355 e. The van der Waals surface area contributed by atoms with E-state index in [2.05, 4.69) is 20.9 Å². The third-order valence-corrected chi connectivity index (χ3v) is 5.70. The molecule has 1 saturated carbocycles. The molecule has 7 nitrogen and oxygen atoms in total. The number of likely N-dealkylation sites (tertiary alicyclic amines) is 1. The maximum absolute atomic E-state index is 12.5. The van der Waals surface area contributed by atoms with Gasteiger partial charge in [-0.1, -0.05) is 12.8 Å². The fraction of sp³-hybridized carbons (Fsp3) is 0.889. The third kappa shape index (κ3) is 5.57. The van der Waals surface area contributed by atoms with Gasteiger partial charge in [0.1, 0.15) is 0 Å². The number of rotatable bonds is 5. The van der Waals surface area contributed by atoms with Crippen LogP contribution in [-0.4, -0.2) is 80.1 Å². The summed E-state index contributed by atoms with van der Waals surface area (Å²) < 4.78 is 0. The fourth-order valence-electron chi connectivity index (χ4n) is 4.13. The van der Waals surface area contributed by atoms with Gasteiger partial charge < -0.3 is 20.9 Å². The van der Waals surface area contributed by atoms with Crippen molar-refractivity contribution in [3.63, 3.8) is 0 Å². The van der Waals surface area contributed by atoms with Crippen molar-refractivity contribution >= 4 is 11.9 Å². The van der Waals surface area contributed by atoms with Crippen molar-refractivity contribution in [2.45, 2.75) is 44.6 Å². The topological polar surface area (TPSA) is 76.7 Å². The molecule has 3 fully saturated rings. The highest BCUT2D eigenvalue weighted by molar-refractivity contribution is 5.80. The van der Waals surface area contributed by atoms with Gasteiger partial charge in [-0.15, -0.1) is 0 Å². The van der Waals surface area contributed by atoms with Crippen LogP contribution in [0, 0.1) is 5.92 Å². The minimum Gasteiger partial charge on any atom is -0.355 e. The van der Waals surface area contributed by atoms with Gasteiger partial charge in [-0.3, -0.25) is 9.69 Å². The molecule has 0 aromatic heterocycles. The molecule has 1 unspecified atom stereocenters. The van der Waals surface area contributed by atoms with Crippen molar-refractivity contribution in [2.75, 3.05) is 52.4 Å². The monoisotopic (exact) mass is 351 g/mol. The van der Waals surface area contributed by atoms with Crippen LogP contribution >= 0.6 is 0 Å². The smallest absolute Gasteiger partial charge is 0.317 e. The zero-order valence-electron chi connectivity index (χ0n) is 15.3. The first kappa shape index (κ1) is 18.5. The first-order chi connectivity index (χ1) is 12.2. The molecule has 2 saturated heterocycles. The van der Waals surface area contributed by atoms with Crippen LogP contribution in [0.5, 0.6) is 0 Å². The Morgan fingerprint density at radius 3 is 2.52 bits per heavy atom. The number of piperazine rings is 1. The number of amides is 3. The Balaban J connectivity index is 1.37. The van der Waals surface area contributed by atoms with Crippen LogP contribution in [0.25, 0.3) is 0 Å². The van der Waals surface area contributed by atoms with Crippen LogP contribution in [-0.2, 0) is 4.79 Å². The molecule has 0 spiro atoms. The van der Waals surface area contributed by atoms with Gasteiger partial charge in [0.25, 0.3) is 0 Å². The molecule has 2 aliphatic heterocycles. The zero-order valence-corrected chi connectivity index (χ0v) is 15.3. The van der Waals surface area contributed by atoms with Gasteiger partial charge in [0, 0.05) is 58.4 Å². The van der Waals surface area contributed by atoms with Crippen molar-refractivity contribution in [1.29, 1.82) is 0 Å². The lowest BCUT2D eigenvalue weighted by atomic mass is 9.97. The Morgan fingerprint density at radius 1 is 1.00 bits per heavy atom. The molecule has 3 rings (SSSR count). The normalized spacial score (nSPS) is 25.8. The van der Waals surface area contributed by atoms with Crippen LogP contribution in [0.4, 0.5) is 4.79 Å². The summed E-state index contributed by atoms with van der Waals surface area (Å²) in [5, 5.41) is 9.54. The van der Waals surface area contributed by atoms with Gasteiger partial charge in [-0.05, 0) is 25.7 Å². The number of carbonyl (C=O) groups is 2. The summed E-state index contributed by atoms with van der Waals surface area (Å²) in [5.41, 5.74) is 0. The van der Waals surface area contributed by atoms with E-state index in [4.69, 9.17) is 0 Å². The highest BCUT2D eigenvalue weighted by Crippen LogP contribution is 2.20. The maximum atomic E-state index is 12.5. The number of piperidine rings is 1. The molecule has 142 valence electrons. The van der Waals surface area contributed by atoms with E-state index in [1.807, 2.05) is 4.90 Å². The lowest BCUT2D eigenvalue weighted by molar-refractivity contribution is -0.126. The summed E-state index contributed by atoms with van der Waals surface area (Å²) in [5.74, 6) is 0.0413. The third-order valence-electron chi connectivity index (χ3n) is 5.70. The van der Waals surface area contributed by atoms with Crippen molar-refractivity contribution < 1.29 is 9.59 Å². The summed E-state index contributed by atoms with van der Waals surface area (Å²) in [6.45, 7) is 7.09. The Hall–Kier alpha value is -1.34. The van der Waals surface area contributed by atoms with Crippen LogP contribution in [0.15, 0.2) is 0 Å². The van der Waals surface area contributed by atoms with Gasteiger partial charge in [0.05, 0.1) is 5.92 Å². The number of nitrogens with one attached hydrogen (secondary N) is 3. The van der Waals surface area contributed by atoms with Gasteiger partial charge >= 0.3 is 6.03 Å². The molecule has 0 aromatic carbocycles.